The summed E-state index contributed by atoms with van der Waals surface area (Å²) in [5, 5.41) is 12.3. The molecule has 0 aliphatic heterocycles. The van der Waals surface area contributed by atoms with Crippen molar-refractivity contribution in [3.05, 3.63) is 52.1 Å². The Morgan fingerprint density at radius 2 is 2.11 bits per heavy atom. The number of hydrogen-bond acceptors (Lipinski definition) is 4. The molecule has 28 heavy (non-hydrogen) atoms. The predicted octanol–water partition coefficient (Wildman–Crippen LogP) is 3.59. The fourth-order valence-corrected chi connectivity index (χ4v) is 4.52. The Morgan fingerprint density at radius 3 is 2.86 bits per heavy atom. The lowest BCUT2D eigenvalue weighted by Gasteiger charge is -2.08. The van der Waals surface area contributed by atoms with Crippen LogP contribution in [-0.2, 0) is 19.3 Å². The number of halogens is 1. The van der Waals surface area contributed by atoms with Crippen molar-refractivity contribution >= 4 is 55.6 Å². The van der Waals surface area contributed by atoms with Gasteiger partial charge in [-0.25, -0.2) is 9.98 Å². The summed E-state index contributed by atoms with van der Waals surface area (Å²) in [6.07, 6.45) is 0. The van der Waals surface area contributed by atoms with Crippen LogP contribution >= 0.6 is 27.7 Å². The van der Waals surface area contributed by atoms with Crippen LogP contribution in [0.5, 0.6) is 5.75 Å². The first-order valence-corrected chi connectivity index (χ1v) is 10.3. The number of aromatic amines is 1. The molecule has 0 spiro atoms. The molecular formula is C19H19BrN6OS. The lowest BCUT2D eigenvalue weighted by Crippen LogP contribution is -2.22. The second-order valence-electron chi connectivity index (χ2n) is 6.40. The molecule has 9 heteroatoms. The number of phenols is 1. The first-order valence-electron chi connectivity index (χ1n) is 8.55. The number of nitrogens with zero attached hydrogens (tertiary/aromatic N) is 3. The molecule has 0 atom stereocenters. The van der Waals surface area contributed by atoms with E-state index in [2.05, 4.69) is 41.5 Å². The van der Waals surface area contributed by atoms with Gasteiger partial charge < -0.3 is 26.1 Å². The van der Waals surface area contributed by atoms with Gasteiger partial charge in [-0.15, -0.1) is 0 Å². The number of guanidine groups is 1. The van der Waals surface area contributed by atoms with Crippen molar-refractivity contribution in [2.24, 2.45) is 23.5 Å². The molecule has 0 saturated carbocycles. The van der Waals surface area contributed by atoms with Gasteiger partial charge in [0.1, 0.15) is 5.75 Å². The van der Waals surface area contributed by atoms with Crippen LogP contribution in [-0.4, -0.2) is 25.6 Å². The van der Waals surface area contributed by atoms with E-state index >= 15 is 0 Å². The lowest BCUT2D eigenvalue weighted by atomic mass is 10.1. The Kier molecular flexibility index (Phi) is 4.94. The van der Waals surface area contributed by atoms with Crippen molar-refractivity contribution in [3.63, 3.8) is 0 Å². The number of nitrogens with two attached hydrogens (primary N) is 2. The molecule has 0 aliphatic rings. The van der Waals surface area contributed by atoms with Crippen LogP contribution < -0.4 is 11.5 Å². The number of H-pyrrole nitrogens is 1. The molecule has 6 N–H and O–H groups in total. The summed E-state index contributed by atoms with van der Waals surface area (Å²) in [6, 6.07) is 11.9. The number of imidazole rings is 1. The number of hydrogen-bond donors (Lipinski definition) is 4. The van der Waals surface area contributed by atoms with Crippen LogP contribution in [0.3, 0.4) is 0 Å². The Bertz CT molecular complexity index is 1180. The van der Waals surface area contributed by atoms with Gasteiger partial charge in [0.15, 0.2) is 11.1 Å². The number of aromatic hydroxyl groups is 1. The largest absolute Gasteiger partial charge is 0.506 e. The summed E-state index contributed by atoms with van der Waals surface area (Å²) in [7, 11) is 2.00. The monoisotopic (exact) mass is 458 g/mol. The minimum atomic E-state index is -0.0101. The number of aryl methyl sites for hydroxylation is 1. The smallest absolute Gasteiger partial charge is 0.186 e. The molecule has 0 amide bonds. The van der Waals surface area contributed by atoms with Gasteiger partial charge in [-0.3, -0.25) is 0 Å². The van der Waals surface area contributed by atoms with Crippen molar-refractivity contribution in [3.8, 4) is 5.75 Å². The predicted molar refractivity (Wildman–Crippen MR) is 117 cm³/mol. The second kappa shape index (κ2) is 7.40. The van der Waals surface area contributed by atoms with Crippen molar-refractivity contribution in [1.82, 2.24) is 14.5 Å². The number of benzene rings is 2. The maximum absolute atomic E-state index is 10.5. The van der Waals surface area contributed by atoms with E-state index < -0.39 is 0 Å². The van der Waals surface area contributed by atoms with Gasteiger partial charge in [-0.2, -0.15) is 0 Å². The van der Waals surface area contributed by atoms with E-state index in [0.29, 0.717) is 10.0 Å². The third-order valence-corrected chi connectivity index (χ3v) is 6.14. The molecule has 4 aromatic rings. The zero-order chi connectivity index (χ0) is 19.8. The fraction of sp³-hybridized carbons (Fsp3) is 0.158. The zero-order valence-electron chi connectivity index (χ0n) is 15.1. The number of para-hydroxylation sites is 2. The van der Waals surface area contributed by atoms with E-state index in [1.165, 1.54) is 0 Å². The number of phenolic OH excluding ortho intramolecular Hbond substituents is 1. The van der Waals surface area contributed by atoms with Gasteiger partial charge in [0.05, 0.1) is 22.1 Å². The average Bonchev–Trinajstić information content (AvgIpc) is 3.21. The summed E-state index contributed by atoms with van der Waals surface area (Å²) < 4.78 is 2.72. The van der Waals surface area contributed by atoms with Gasteiger partial charge in [0, 0.05) is 35.0 Å². The molecule has 7 nitrogen and oxygen atoms in total. The SMILES string of the molecule is Cn1c(CSc2nc3ccccc3[nH]2)cc2c(CN=C(N)N)c(O)c(Br)cc21. The van der Waals surface area contributed by atoms with Crippen LogP contribution in [0, 0.1) is 0 Å². The maximum atomic E-state index is 10.5. The molecule has 0 bridgehead atoms. The van der Waals surface area contributed by atoms with Crippen LogP contribution in [0.15, 0.2) is 51.0 Å². The zero-order valence-corrected chi connectivity index (χ0v) is 17.5. The summed E-state index contributed by atoms with van der Waals surface area (Å²) in [5.41, 5.74) is 15.7. The van der Waals surface area contributed by atoms with E-state index in [1.54, 1.807) is 11.8 Å². The van der Waals surface area contributed by atoms with Crippen molar-refractivity contribution in [1.29, 1.82) is 0 Å². The van der Waals surface area contributed by atoms with E-state index in [0.717, 1.165) is 38.5 Å². The molecule has 0 radical (unpaired) electrons. The van der Waals surface area contributed by atoms with Crippen LogP contribution in [0.2, 0.25) is 0 Å². The van der Waals surface area contributed by atoms with Gasteiger partial charge in [0.2, 0.25) is 0 Å². The van der Waals surface area contributed by atoms with E-state index in [-0.39, 0.29) is 18.3 Å². The Morgan fingerprint density at radius 1 is 1.32 bits per heavy atom. The van der Waals surface area contributed by atoms with E-state index in [1.807, 2.05) is 37.4 Å². The van der Waals surface area contributed by atoms with Gasteiger partial charge in [0.25, 0.3) is 0 Å². The summed E-state index contributed by atoms with van der Waals surface area (Å²) >= 11 is 5.05. The van der Waals surface area contributed by atoms with Crippen LogP contribution in [0.25, 0.3) is 21.9 Å². The lowest BCUT2D eigenvalue weighted by molar-refractivity contribution is 0.466. The topological polar surface area (TPSA) is 118 Å². The summed E-state index contributed by atoms with van der Waals surface area (Å²) in [4.78, 5) is 12.0. The quantitative estimate of drug-likeness (QED) is 0.207. The molecule has 0 fully saturated rings. The number of aromatic nitrogens is 3. The molecule has 2 heterocycles. The standard InChI is InChI=1S/C19H19BrN6OS/c1-26-10(9-28-19-24-14-4-2-3-5-15(14)25-19)6-11-12(8-23-18(21)22)17(27)13(20)7-16(11)26/h2-7,27H,8-9H2,1H3,(H,24,25)(H4,21,22,23). The van der Waals surface area contributed by atoms with E-state index in [4.69, 9.17) is 11.5 Å². The van der Waals surface area contributed by atoms with Gasteiger partial charge in [-0.05, 0) is 40.2 Å². The number of rotatable bonds is 5. The number of nitrogens with one attached hydrogen (secondary N) is 1. The molecule has 144 valence electrons. The Balaban J connectivity index is 1.68. The number of thioether (sulfide) groups is 1. The van der Waals surface area contributed by atoms with Crippen molar-refractivity contribution in [2.75, 3.05) is 0 Å². The third kappa shape index (κ3) is 3.43. The minimum Gasteiger partial charge on any atom is -0.506 e. The van der Waals surface area contributed by atoms with Crippen molar-refractivity contribution in [2.45, 2.75) is 17.5 Å². The average molecular weight is 459 g/mol. The number of aliphatic imine (C=N–C) groups is 1. The first-order chi connectivity index (χ1) is 13.4. The fourth-order valence-electron chi connectivity index (χ4n) is 3.16. The number of fused-ring (bicyclic) bond motifs is 2. The van der Waals surface area contributed by atoms with E-state index in [9.17, 15) is 5.11 Å². The van der Waals surface area contributed by atoms with Crippen LogP contribution in [0.4, 0.5) is 0 Å². The minimum absolute atomic E-state index is 0.0101. The molecule has 0 aliphatic carbocycles. The van der Waals surface area contributed by atoms with Gasteiger partial charge >= 0.3 is 0 Å². The highest BCUT2D eigenvalue weighted by Gasteiger charge is 2.16. The summed E-state index contributed by atoms with van der Waals surface area (Å²) in [5.74, 6) is 0.870. The molecule has 4 rings (SSSR count). The second-order valence-corrected chi connectivity index (χ2v) is 8.22. The highest BCUT2D eigenvalue weighted by atomic mass is 79.9. The highest BCUT2D eigenvalue weighted by Crippen LogP contribution is 2.37. The summed E-state index contributed by atoms with van der Waals surface area (Å²) in [6.45, 7) is 0.213. The Labute approximate surface area is 174 Å². The normalized spacial score (nSPS) is 11.4. The molecule has 0 unspecified atom stereocenters. The van der Waals surface area contributed by atoms with Crippen LogP contribution in [0.1, 0.15) is 11.3 Å². The first kappa shape index (κ1) is 18.7. The molecule has 0 saturated heterocycles. The molecule has 2 aromatic carbocycles. The molecular weight excluding hydrogens is 440 g/mol. The third-order valence-electron chi connectivity index (χ3n) is 4.62. The van der Waals surface area contributed by atoms with Gasteiger partial charge in [-0.1, -0.05) is 23.9 Å². The maximum Gasteiger partial charge on any atom is 0.186 e. The van der Waals surface area contributed by atoms with Crippen molar-refractivity contribution < 1.29 is 5.11 Å². The highest BCUT2D eigenvalue weighted by molar-refractivity contribution is 9.10. The Hall–Kier alpha value is -2.65. The molecule has 2 aromatic heterocycles.